The highest BCUT2D eigenvalue weighted by atomic mass is 16.5. The number of rotatable bonds is 6. The lowest BCUT2D eigenvalue weighted by atomic mass is 10.0. The van der Waals surface area contributed by atoms with Crippen LogP contribution in [0.3, 0.4) is 0 Å². The third-order valence-corrected chi connectivity index (χ3v) is 3.29. The number of aromatic hydroxyl groups is 1. The van der Waals surface area contributed by atoms with E-state index in [9.17, 15) is 9.90 Å². The number of carbonyl (C=O) groups is 1. The molecule has 110 valence electrons. The van der Waals surface area contributed by atoms with Gasteiger partial charge in [0, 0.05) is 12.6 Å². The number of methoxy groups -OCH3 is 1. The first-order chi connectivity index (χ1) is 10.2. The zero-order valence-corrected chi connectivity index (χ0v) is 12.0. The second kappa shape index (κ2) is 7.45. The Balaban J connectivity index is 2.08. The lowest BCUT2D eigenvalue weighted by Crippen LogP contribution is -2.24. The van der Waals surface area contributed by atoms with Crippen LogP contribution in [0.25, 0.3) is 0 Å². The highest BCUT2D eigenvalue weighted by Crippen LogP contribution is 2.20. The summed E-state index contributed by atoms with van der Waals surface area (Å²) in [6.45, 7) is 0.656. The number of nitrogens with one attached hydrogen (secondary N) is 1. The first-order valence-corrected chi connectivity index (χ1v) is 6.82. The Bertz CT molecular complexity index is 566. The molecular weight excluding hydrogens is 266 g/mol. The summed E-state index contributed by atoms with van der Waals surface area (Å²) in [6, 6.07) is 16.7. The van der Waals surface area contributed by atoms with Crippen molar-refractivity contribution in [2.45, 2.75) is 19.0 Å². The number of benzene rings is 2. The van der Waals surface area contributed by atoms with Crippen molar-refractivity contribution in [3.05, 3.63) is 65.7 Å². The molecule has 4 heteroatoms. The molecule has 0 aliphatic heterocycles. The quantitative estimate of drug-likeness (QED) is 0.801. The summed E-state index contributed by atoms with van der Waals surface area (Å²) in [6.07, 6.45) is 0.244. The van der Waals surface area contributed by atoms with Crippen molar-refractivity contribution < 1.29 is 14.6 Å². The number of esters is 1. The fraction of sp³-hybridized carbons (Fsp3) is 0.235. The van der Waals surface area contributed by atoms with Crippen LogP contribution in [-0.4, -0.2) is 18.2 Å². The Hall–Kier alpha value is -2.33. The number of phenolic OH excluding ortho intramolecular Hbond substituents is 1. The van der Waals surface area contributed by atoms with Gasteiger partial charge in [-0.15, -0.1) is 0 Å². The summed E-state index contributed by atoms with van der Waals surface area (Å²) in [5.74, 6) is -0.0627. The third-order valence-electron chi connectivity index (χ3n) is 3.29. The van der Waals surface area contributed by atoms with Gasteiger partial charge in [-0.05, 0) is 23.3 Å². The van der Waals surface area contributed by atoms with Gasteiger partial charge in [-0.2, -0.15) is 0 Å². The first-order valence-electron chi connectivity index (χ1n) is 6.82. The number of hydrogen-bond acceptors (Lipinski definition) is 4. The largest absolute Gasteiger partial charge is 0.508 e. The SMILES string of the molecule is COC(=O)CC(NCc1ccccc1)c1ccc(O)cc1. The Morgan fingerprint density at radius 2 is 1.81 bits per heavy atom. The van der Waals surface area contributed by atoms with E-state index in [0.29, 0.717) is 6.54 Å². The predicted octanol–water partition coefficient (Wildman–Crippen LogP) is 2.79. The Kier molecular flexibility index (Phi) is 5.35. The van der Waals surface area contributed by atoms with Crippen molar-refractivity contribution in [1.82, 2.24) is 5.32 Å². The van der Waals surface area contributed by atoms with E-state index < -0.39 is 0 Å². The maximum absolute atomic E-state index is 11.6. The van der Waals surface area contributed by atoms with Crippen molar-refractivity contribution in [1.29, 1.82) is 0 Å². The molecule has 0 spiro atoms. The van der Waals surface area contributed by atoms with Crippen LogP contribution in [0.2, 0.25) is 0 Å². The Labute approximate surface area is 124 Å². The maximum Gasteiger partial charge on any atom is 0.307 e. The second-order valence-electron chi connectivity index (χ2n) is 4.79. The number of carbonyl (C=O) groups excluding carboxylic acids is 1. The molecule has 1 unspecified atom stereocenters. The van der Waals surface area contributed by atoms with Gasteiger partial charge >= 0.3 is 5.97 Å². The molecule has 0 aliphatic rings. The van der Waals surface area contributed by atoms with Gasteiger partial charge in [-0.3, -0.25) is 4.79 Å². The van der Waals surface area contributed by atoms with Crippen LogP contribution in [0.15, 0.2) is 54.6 Å². The summed E-state index contributed by atoms with van der Waals surface area (Å²) in [7, 11) is 1.38. The molecule has 2 N–H and O–H groups in total. The van der Waals surface area contributed by atoms with Crippen LogP contribution >= 0.6 is 0 Å². The summed E-state index contributed by atoms with van der Waals surface area (Å²) in [4.78, 5) is 11.6. The number of phenols is 1. The molecular formula is C17H19NO3. The van der Waals surface area contributed by atoms with E-state index in [1.807, 2.05) is 30.3 Å². The minimum atomic E-state index is -0.270. The lowest BCUT2D eigenvalue weighted by Gasteiger charge is -2.18. The average Bonchev–Trinajstić information content (AvgIpc) is 2.53. The minimum absolute atomic E-state index is 0.154. The van der Waals surface area contributed by atoms with Gasteiger partial charge in [0.05, 0.1) is 13.5 Å². The van der Waals surface area contributed by atoms with E-state index >= 15 is 0 Å². The van der Waals surface area contributed by atoms with E-state index in [0.717, 1.165) is 11.1 Å². The van der Waals surface area contributed by atoms with E-state index in [1.165, 1.54) is 7.11 Å². The van der Waals surface area contributed by atoms with Crippen LogP contribution in [0.5, 0.6) is 5.75 Å². The normalized spacial score (nSPS) is 11.9. The molecule has 21 heavy (non-hydrogen) atoms. The molecule has 0 fully saturated rings. The monoisotopic (exact) mass is 285 g/mol. The Morgan fingerprint density at radius 3 is 2.43 bits per heavy atom. The van der Waals surface area contributed by atoms with Gasteiger partial charge in [-0.25, -0.2) is 0 Å². The molecule has 4 nitrogen and oxygen atoms in total. The molecule has 0 heterocycles. The zero-order chi connectivity index (χ0) is 15.1. The summed E-state index contributed by atoms with van der Waals surface area (Å²) < 4.78 is 4.75. The molecule has 2 aromatic rings. The van der Waals surface area contributed by atoms with Crippen LogP contribution in [0.4, 0.5) is 0 Å². The van der Waals surface area contributed by atoms with Crippen molar-refractivity contribution in [2.24, 2.45) is 0 Å². The molecule has 2 aromatic carbocycles. The molecule has 0 amide bonds. The highest BCUT2D eigenvalue weighted by molar-refractivity contribution is 5.70. The number of ether oxygens (including phenoxy) is 1. The lowest BCUT2D eigenvalue weighted by molar-refractivity contribution is -0.141. The van der Waals surface area contributed by atoms with Crippen molar-refractivity contribution in [2.75, 3.05) is 7.11 Å². The van der Waals surface area contributed by atoms with Crippen molar-refractivity contribution in [3.63, 3.8) is 0 Å². The fourth-order valence-corrected chi connectivity index (χ4v) is 2.10. The van der Waals surface area contributed by atoms with Crippen LogP contribution < -0.4 is 5.32 Å². The minimum Gasteiger partial charge on any atom is -0.508 e. The molecule has 1 atom stereocenters. The smallest absolute Gasteiger partial charge is 0.307 e. The average molecular weight is 285 g/mol. The molecule has 2 rings (SSSR count). The molecule has 0 radical (unpaired) electrons. The molecule has 0 bridgehead atoms. The zero-order valence-electron chi connectivity index (χ0n) is 12.0. The van der Waals surface area contributed by atoms with Gasteiger partial charge in [0.25, 0.3) is 0 Å². The highest BCUT2D eigenvalue weighted by Gasteiger charge is 2.16. The van der Waals surface area contributed by atoms with Gasteiger partial charge < -0.3 is 15.2 Å². The van der Waals surface area contributed by atoms with Crippen LogP contribution in [0.1, 0.15) is 23.6 Å². The van der Waals surface area contributed by atoms with Crippen molar-refractivity contribution >= 4 is 5.97 Å². The summed E-state index contributed by atoms with van der Waals surface area (Å²) >= 11 is 0. The van der Waals surface area contributed by atoms with Gasteiger partial charge in [-0.1, -0.05) is 42.5 Å². The van der Waals surface area contributed by atoms with Gasteiger partial charge in [0.15, 0.2) is 0 Å². The first kappa shape index (κ1) is 15.1. The van der Waals surface area contributed by atoms with Crippen molar-refractivity contribution in [3.8, 4) is 5.75 Å². The van der Waals surface area contributed by atoms with Crippen LogP contribution in [-0.2, 0) is 16.1 Å². The van der Waals surface area contributed by atoms with E-state index in [-0.39, 0.29) is 24.2 Å². The summed E-state index contributed by atoms with van der Waals surface area (Å²) in [5.41, 5.74) is 2.08. The maximum atomic E-state index is 11.6. The van der Waals surface area contributed by atoms with Gasteiger partial charge in [0.2, 0.25) is 0 Å². The third kappa shape index (κ3) is 4.61. The standard InChI is InChI=1S/C17H19NO3/c1-21-17(20)11-16(14-7-9-15(19)10-8-14)18-12-13-5-3-2-4-6-13/h2-10,16,18-19H,11-12H2,1H3. The second-order valence-corrected chi connectivity index (χ2v) is 4.79. The fourth-order valence-electron chi connectivity index (χ4n) is 2.10. The van der Waals surface area contributed by atoms with E-state index in [2.05, 4.69) is 5.32 Å². The van der Waals surface area contributed by atoms with Gasteiger partial charge in [0.1, 0.15) is 5.75 Å². The molecule has 0 aromatic heterocycles. The van der Waals surface area contributed by atoms with E-state index in [4.69, 9.17) is 4.74 Å². The molecule has 0 aliphatic carbocycles. The Morgan fingerprint density at radius 1 is 1.14 bits per heavy atom. The van der Waals surface area contributed by atoms with E-state index in [1.54, 1.807) is 24.3 Å². The predicted molar refractivity (Wildman–Crippen MR) is 80.8 cm³/mol. The van der Waals surface area contributed by atoms with Crippen LogP contribution in [0, 0.1) is 0 Å². The topological polar surface area (TPSA) is 58.6 Å². The molecule has 0 saturated heterocycles. The summed E-state index contributed by atoms with van der Waals surface area (Å²) in [5, 5.41) is 12.7. The molecule has 0 saturated carbocycles. The number of hydrogen-bond donors (Lipinski definition) is 2.